The van der Waals surface area contributed by atoms with Gasteiger partial charge in [-0.2, -0.15) is 0 Å². The summed E-state index contributed by atoms with van der Waals surface area (Å²) in [6.45, 7) is 16.5. The first-order valence-corrected chi connectivity index (χ1v) is 17.7. The van der Waals surface area contributed by atoms with Crippen molar-refractivity contribution in [2.45, 2.75) is 118 Å². The van der Waals surface area contributed by atoms with Crippen molar-refractivity contribution in [1.82, 2.24) is 0 Å². The molecule has 0 amide bonds. The molecule has 51 heavy (non-hydrogen) atoms. The zero-order valence-electron chi connectivity index (χ0n) is 31.9. The van der Waals surface area contributed by atoms with Crippen molar-refractivity contribution in [3.8, 4) is 0 Å². The van der Waals surface area contributed by atoms with E-state index in [1.54, 1.807) is 32.9 Å². The lowest BCUT2D eigenvalue weighted by molar-refractivity contribution is -0.329. The number of cyclic esters (lactones) is 1. The molecular formula is C39H60O12. The van der Waals surface area contributed by atoms with E-state index in [1.807, 2.05) is 53.7 Å². The molecule has 0 saturated carbocycles. The summed E-state index contributed by atoms with van der Waals surface area (Å²) in [5.74, 6) is -7.68. The Morgan fingerprint density at radius 1 is 1.06 bits per heavy atom. The number of hydrogen-bond donors (Lipinski definition) is 4. The second-order valence-electron chi connectivity index (χ2n) is 14.6. The Bertz CT molecular complexity index is 1350. The van der Waals surface area contributed by atoms with Gasteiger partial charge >= 0.3 is 17.9 Å². The van der Waals surface area contributed by atoms with Crippen molar-refractivity contribution >= 4 is 17.9 Å². The fourth-order valence-electron chi connectivity index (χ4n) is 7.00. The van der Waals surface area contributed by atoms with Gasteiger partial charge in [0.05, 0.1) is 25.4 Å². The summed E-state index contributed by atoms with van der Waals surface area (Å²) in [7, 11) is 2.80. The van der Waals surface area contributed by atoms with Crippen LogP contribution in [0.3, 0.4) is 0 Å². The molecule has 1 saturated heterocycles. The van der Waals surface area contributed by atoms with Gasteiger partial charge in [-0.05, 0) is 38.2 Å². The van der Waals surface area contributed by atoms with Crippen molar-refractivity contribution in [2.24, 2.45) is 35.5 Å². The predicted molar refractivity (Wildman–Crippen MR) is 191 cm³/mol. The fourth-order valence-corrected chi connectivity index (χ4v) is 7.00. The van der Waals surface area contributed by atoms with Crippen LogP contribution in [0.4, 0.5) is 0 Å². The number of carboxylic acid groups (broad SMARTS) is 1. The van der Waals surface area contributed by atoms with Crippen molar-refractivity contribution in [3.63, 3.8) is 0 Å². The number of aliphatic hydroxyl groups is 3. The minimum atomic E-state index is -1.99. The van der Waals surface area contributed by atoms with Gasteiger partial charge in [-0.25, -0.2) is 14.4 Å². The molecule has 12 heteroatoms. The summed E-state index contributed by atoms with van der Waals surface area (Å²) in [5.41, 5.74) is 1.70. The second kappa shape index (κ2) is 19.5. The number of methoxy groups -OCH3 is 2. The molecule has 288 valence electrons. The van der Waals surface area contributed by atoms with Crippen molar-refractivity contribution in [2.75, 3.05) is 14.2 Å². The quantitative estimate of drug-likeness (QED) is 0.178. The Labute approximate surface area is 302 Å². The monoisotopic (exact) mass is 720 g/mol. The molecule has 12 atom stereocenters. The molecule has 12 nitrogen and oxygen atoms in total. The third-order valence-electron chi connectivity index (χ3n) is 10.1. The highest BCUT2D eigenvalue weighted by Crippen LogP contribution is 2.42. The first kappa shape index (κ1) is 43.9. The molecule has 1 fully saturated rings. The van der Waals surface area contributed by atoms with Gasteiger partial charge in [0.2, 0.25) is 5.76 Å². The Kier molecular flexibility index (Phi) is 16.8. The van der Waals surface area contributed by atoms with Gasteiger partial charge in [-0.3, -0.25) is 0 Å². The first-order valence-electron chi connectivity index (χ1n) is 17.7. The van der Waals surface area contributed by atoms with Crippen LogP contribution in [0.15, 0.2) is 59.4 Å². The number of ether oxygens (including phenoxy) is 5. The molecule has 0 unspecified atom stereocenters. The van der Waals surface area contributed by atoms with Crippen LogP contribution in [0, 0.1) is 35.5 Å². The van der Waals surface area contributed by atoms with E-state index in [2.05, 4.69) is 0 Å². The van der Waals surface area contributed by atoms with E-state index in [-0.39, 0.29) is 35.9 Å². The number of carbonyl (C=O) groups excluding carboxylic acids is 2. The van der Waals surface area contributed by atoms with Crippen molar-refractivity contribution in [3.05, 3.63) is 59.4 Å². The van der Waals surface area contributed by atoms with E-state index in [1.165, 1.54) is 20.3 Å². The molecule has 0 spiro atoms. The third-order valence-corrected chi connectivity index (χ3v) is 10.1. The van der Waals surface area contributed by atoms with Crippen LogP contribution >= 0.6 is 0 Å². The summed E-state index contributed by atoms with van der Waals surface area (Å²) >= 11 is 0. The highest BCUT2D eigenvalue weighted by atomic mass is 16.6. The second-order valence-corrected chi connectivity index (χ2v) is 14.6. The molecule has 2 aliphatic rings. The SMILES string of the molecule is CO/C1=C\C(C)=C/[C@H](C)[C@@H](O)[C@@H](C)C/C(C)=C/C=C/[C@@H](OC)[C@@H]([C@@H](C)[C@@H](O)[C@H](C)[C@@]2(O)C[C@@H](OC(=O)/C=C/C(=O)O)[C@H](C)[C@@H](C(C)C)O2)OC1=O. The lowest BCUT2D eigenvalue weighted by Gasteiger charge is -2.50. The van der Waals surface area contributed by atoms with Crippen LogP contribution in [0.2, 0.25) is 0 Å². The number of aliphatic hydroxyl groups excluding tert-OH is 2. The van der Waals surface area contributed by atoms with Crippen LogP contribution in [0.25, 0.3) is 0 Å². The normalized spacial score (nSPS) is 37.1. The topological polar surface area (TPSA) is 178 Å². The van der Waals surface area contributed by atoms with Crippen molar-refractivity contribution in [1.29, 1.82) is 0 Å². The molecule has 2 heterocycles. The molecule has 0 aromatic carbocycles. The Balaban J connectivity index is 2.55. The average molecular weight is 721 g/mol. The Morgan fingerprint density at radius 2 is 1.71 bits per heavy atom. The van der Waals surface area contributed by atoms with Gasteiger partial charge in [0, 0.05) is 49.4 Å². The molecule has 2 rings (SSSR count). The zero-order chi connectivity index (χ0) is 38.8. The maximum atomic E-state index is 13.6. The van der Waals surface area contributed by atoms with Crippen LogP contribution in [-0.2, 0) is 38.1 Å². The summed E-state index contributed by atoms with van der Waals surface area (Å²) in [6.07, 6.45) is 5.37. The van der Waals surface area contributed by atoms with Gasteiger partial charge in [-0.15, -0.1) is 0 Å². The third kappa shape index (κ3) is 12.1. The number of hydrogen-bond acceptors (Lipinski definition) is 11. The van der Waals surface area contributed by atoms with E-state index < -0.39 is 72.2 Å². The van der Waals surface area contributed by atoms with Gasteiger partial charge < -0.3 is 44.1 Å². The Morgan fingerprint density at radius 3 is 2.27 bits per heavy atom. The maximum absolute atomic E-state index is 13.6. The van der Waals surface area contributed by atoms with Gasteiger partial charge in [0.15, 0.2) is 5.79 Å². The van der Waals surface area contributed by atoms with Crippen LogP contribution in [-0.4, -0.2) is 95.0 Å². The Hall–Kier alpha value is -3.29. The number of rotatable bonds is 10. The van der Waals surface area contributed by atoms with E-state index in [9.17, 15) is 29.7 Å². The van der Waals surface area contributed by atoms with E-state index >= 15 is 0 Å². The minimum Gasteiger partial charge on any atom is -0.490 e. The summed E-state index contributed by atoms with van der Waals surface area (Å²) < 4.78 is 29.1. The predicted octanol–water partition coefficient (Wildman–Crippen LogP) is 4.88. The smallest absolute Gasteiger partial charge is 0.373 e. The summed E-state index contributed by atoms with van der Waals surface area (Å²) in [5, 5.41) is 43.8. The number of esters is 2. The summed E-state index contributed by atoms with van der Waals surface area (Å²) in [4.78, 5) is 37.1. The highest BCUT2D eigenvalue weighted by Gasteiger charge is 2.53. The highest BCUT2D eigenvalue weighted by molar-refractivity contribution is 5.90. The van der Waals surface area contributed by atoms with Gasteiger partial charge in [0.25, 0.3) is 0 Å². The zero-order valence-corrected chi connectivity index (χ0v) is 31.9. The first-order chi connectivity index (χ1) is 23.8. The van der Waals surface area contributed by atoms with E-state index in [0.29, 0.717) is 18.1 Å². The molecule has 0 aromatic heterocycles. The number of aliphatic carboxylic acids is 1. The van der Waals surface area contributed by atoms with Crippen molar-refractivity contribution < 1.29 is 58.5 Å². The van der Waals surface area contributed by atoms with Crippen LogP contribution in [0.5, 0.6) is 0 Å². The molecule has 0 aromatic rings. The van der Waals surface area contributed by atoms with Gasteiger partial charge in [-0.1, -0.05) is 83.9 Å². The number of allylic oxidation sites excluding steroid dienone is 5. The lowest BCUT2D eigenvalue weighted by Crippen LogP contribution is -2.59. The van der Waals surface area contributed by atoms with Gasteiger partial charge in [0.1, 0.15) is 18.3 Å². The molecule has 4 N–H and O–H groups in total. The molecule has 0 bridgehead atoms. The number of carboxylic acids is 1. The summed E-state index contributed by atoms with van der Waals surface area (Å²) in [6, 6.07) is 0. The van der Waals surface area contributed by atoms with E-state index in [4.69, 9.17) is 28.8 Å². The maximum Gasteiger partial charge on any atom is 0.373 e. The average Bonchev–Trinajstić information content (AvgIpc) is 3.06. The largest absolute Gasteiger partial charge is 0.490 e. The molecule has 2 aliphatic heterocycles. The minimum absolute atomic E-state index is 0.0458. The molecular weight excluding hydrogens is 660 g/mol. The molecule has 0 radical (unpaired) electrons. The van der Waals surface area contributed by atoms with Crippen LogP contribution < -0.4 is 0 Å². The standard InChI is InChI=1S/C39H60O12/c1-21(2)36-26(7)31(49-33(42)16-15-32(40)41)20-39(46,51-36)28(9)35(44)27(8)37-29(47-10)14-12-13-22(3)17-24(5)34(43)25(6)18-23(4)19-30(48-11)38(45)50-37/h12-16,18-19,21,24-29,31,34-37,43-44,46H,17,20H2,1-11H3,(H,40,41)/b14-12+,16-15+,22-13+,23-18-,30-19-/t24-,25-,26-,27-,28-,29+,31+,34-,35+,36+,37+,39+/m0/s1. The molecule has 0 aliphatic carbocycles. The fraction of sp³-hybridized carbons (Fsp3) is 0.667. The van der Waals surface area contributed by atoms with Crippen LogP contribution in [0.1, 0.15) is 75.2 Å². The van der Waals surface area contributed by atoms with E-state index in [0.717, 1.165) is 11.6 Å². The number of carbonyl (C=O) groups is 3. The lowest BCUT2D eigenvalue weighted by atomic mass is 9.76.